The second-order valence-corrected chi connectivity index (χ2v) is 6.76. The molecule has 2 aromatic heterocycles. The van der Waals surface area contributed by atoms with E-state index in [9.17, 15) is 22.8 Å². The van der Waals surface area contributed by atoms with Gasteiger partial charge in [-0.25, -0.2) is 9.67 Å². The van der Waals surface area contributed by atoms with E-state index in [0.717, 1.165) is 4.68 Å². The third-order valence-electron chi connectivity index (χ3n) is 4.12. The van der Waals surface area contributed by atoms with Crippen LogP contribution in [-0.4, -0.2) is 33.7 Å². The van der Waals surface area contributed by atoms with Gasteiger partial charge in [-0.15, -0.1) is 0 Å². The molecule has 171 valence electrons. The summed E-state index contributed by atoms with van der Waals surface area (Å²) in [5.41, 5.74) is 3.96. The van der Waals surface area contributed by atoms with Crippen molar-refractivity contribution in [2.24, 2.45) is 0 Å². The first-order valence-corrected chi connectivity index (χ1v) is 9.23. The maximum atomic E-state index is 13.3. The number of alkyl halides is 3. The number of pyridine rings is 1. The van der Waals surface area contributed by atoms with Crippen LogP contribution in [0, 0.1) is 6.92 Å². The Morgan fingerprint density at radius 1 is 1.18 bits per heavy atom. The Morgan fingerprint density at radius 3 is 2.52 bits per heavy atom. The number of hydrogen-bond acceptors (Lipinski definition) is 5. The van der Waals surface area contributed by atoms with Crippen molar-refractivity contribution >= 4 is 29.1 Å². The number of hydrogen-bond donors (Lipinski definition) is 2. The molecule has 0 spiro atoms. The fourth-order valence-corrected chi connectivity index (χ4v) is 3.02. The maximum Gasteiger partial charge on any atom is 0.435 e. The Labute approximate surface area is 215 Å². The molecule has 3 rings (SSSR count). The fourth-order valence-electron chi connectivity index (χ4n) is 2.75. The van der Waals surface area contributed by atoms with Crippen LogP contribution >= 0.6 is 11.6 Å². The topological polar surface area (TPSA) is 112 Å². The standard InChI is InChI=1S/C19H16ClF3N6O3.Y/c1-10-7-11(20)8-12(17(30)26-28-32-2)16(10)25-18(31)13-9-14(19(21,22)23)27-29(13)15-5-3-4-6-24-15;/h3-9H,1-2H3,(H3,25,26,27,28,30,31);/p-1. The molecule has 14 heteroatoms. The zero-order chi connectivity index (χ0) is 23.5. The molecule has 0 aliphatic carbocycles. The Hall–Kier alpha value is -2.38. The summed E-state index contributed by atoms with van der Waals surface area (Å²) in [5.74, 6) is -1.72. The number of benzene rings is 1. The zero-order valence-electron chi connectivity index (χ0n) is 17.1. The van der Waals surface area contributed by atoms with Gasteiger partial charge >= 0.3 is 6.18 Å². The van der Waals surface area contributed by atoms with Crippen LogP contribution in [0.25, 0.3) is 11.4 Å². The first-order valence-electron chi connectivity index (χ1n) is 8.85. The summed E-state index contributed by atoms with van der Waals surface area (Å²) in [6.45, 7) is 1.56. The van der Waals surface area contributed by atoms with E-state index < -0.39 is 29.4 Å². The minimum Gasteiger partial charge on any atom is -0.470 e. The molecule has 3 aromatic rings. The summed E-state index contributed by atoms with van der Waals surface area (Å²) in [5, 5.41) is 6.14. The van der Waals surface area contributed by atoms with Crippen molar-refractivity contribution in [2.45, 2.75) is 13.1 Å². The molecule has 0 atom stereocenters. The van der Waals surface area contributed by atoms with Gasteiger partial charge in [0.1, 0.15) is 5.69 Å². The van der Waals surface area contributed by atoms with Crippen molar-refractivity contribution in [2.75, 3.05) is 12.4 Å². The molecule has 0 fully saturated rings. The fraction of sp³-hybridized carbons (Fsp3) is 0.158. The van der Waals surface area contributed by atoms with Crippen LogP contribution in [0.5, 0.6) is 0 Å². The average Bonchev–Trinajstić information content (AvgIpc) is 3.20. The molecule has 33 heavy (non-hydrogen) atoms. The molecule has 0 unspecified atom stereocenters. The summed E-state index contributed by atoms with van der Waals surface area (Å²) in [6, 6.07) is 7.81. The number of carbonyl (C=O) groups excluding carboxylic acids is 2. The molecule has 1 radical (unpaired) electrons. The number of halogens is 4. The third-order valence-corrected chi connectivity index (χ3v) is 4.34. The second kappa shape index (κ2) is 11.2. The molecule has 2 N–H and O–H groups in total. The zero-order valence-corrected chi connectivity index (χ0v) is 20.7. The van der Waals surface area contributed by atoms with E-state index in [1.165, 1.54) is 37.6 Å². The van der Waals surface area contributed by atoms with Crippen LogP contribution in [0.3, 0.4) is 0 Å². The molecule has 0 saturated heterocycles. The minimum atomic E-state index is -4.79. The number of nitrogens with zero attached hydrogens (tertiary/aromatic N) is 4. The quantitative estimate of drug-likeness (QED) is 0.445. The van der Waals surface area contributed by atoms with Crippen molar-refractivity contribution in [1.82, 2.24) is 20.2 Å². The van der Waals surface area contributed by atoms with Gasteiger partial charge in [-0.2, -0.15) is 18.3 Å². The van der Waals surface area contributed by atoms with Crippen LogP contribution in [0.4, 0.5) is 18.9 Å². The Kier molecular flexibility index (Phi) is 9.09. The van der Waals surface area contributed by atoms with E-state index in [4.69, 9.17) is 11.6 Å². The van der Waals surface area contributed by atoms with Gasteiger partial charge in [0.25, 0.3) is 5.91 Å². The van der Waals surface area contributed by atoms with Gasteiger partial charge in [0.2, 0.25) is 5.91 Å². The maximum absolute atomic E-state index is 13.3. The van der Waals surface area contributed by atoms with E-state index in [1.54, 1.807) is 13.0 Å². The molecule has 1 aromatic carbocycles. The number of aryl methyl sites for hydroxylation is 1. The molecule has 0 bridgehead atoms. The monoisotopic (exact) mass is 556 g/mol. The number of anilines is 1. The van der Waals surface area contributed by atoms with Gasteiger partial charge in [-0.1, -0.05) is 17.7 Å². The number of nitrogens with one attached hydrogen (secondary N) is 2. The largest absolute Gasteiger partial charge is 0.470 e. The van der Waals surface area contributed by atoms with E-state index in [1.807, 2.05) is 0 Å². The van der Waals surface area contributed by atoms with Crippen LogP contribution in [0.15, 0.2) is 42.6 Å². The summed E-state index contributed by atoms with van der Waals surface area (Å²) in [4.78, 5) is 33.8. The minimum absolute atomic E-state index is 0. The molecule has 9 nitrogen and oxygen atoms in total. The van der Waals surface area contributed by atoms with E-state index in [-0.39, 0.29) is 54.8 Å². The average molecular weight is 557 g/mol. The first kappa shape index (κ1) is 26.9. The van der Waals surface area contributed by atoms with Crippen molar-refractivity contribution < 1.29 is 60.3 Å². The van der Waals surface area contributed by atoms with Gasteiger partial charge < -0.3 is 21.2 Å². The van der Waals surface area contributed by atoms with Crippen LogP contribution in [0.2, 0.25) is 5.02 Å². The molecule has 2 heterocycles. The van der Waals surface area contributed by atoms with Crippen LogP contribution in [-0.2, 0) is 43.7 Å². The van der Waals surface area contributed by atoms with E-state index in [2.05, 4.69) is 31.3 Å². The van der Waals surface area contributed by atoms with Gasteiger partial charge in [-0.05, 0) is 36.8 Å². The summed E-state index contributed by atoms with van der Waals surface area (Å²) in [6.07, 6.45) is -3.45. The summed E-state index contributed by atoms with van der Waals surface area (Å²) < 4.78 is 40.6. The number of carbonyl (C=O) groups is 2. The predicted octanol–water partition coefficient (Wildman–Crippen LogP) is 4.08. The predicted molar refractivity (Wildman–Crippen MR) is 108 cm³/mol. The van der Waals surface area contributed by atoms with Crippen molar-refractivity contribution in [3.63, 3.8) is 0 Å². The van der Waals surface area contributed by atoms with E-state index in [0.29, 0.717) is 11.6 Å². The third kappa shape index (κ3) is 6.36. The number of rotatable bonds is 6. The Bertz CT molecular complexity index is 1160. The summed E-state index contributed by atoms with van der Waals surface area (Å²) >= 11 is 6.01. The van der Waals surface area contributed by atoms with Crippen molar-refractivity contribution in [1.29, 1.82) is 0 Å². The Balaban J connectivity index is 0.00000385. The summed E-state index contributed by atoms with van der Waals surface area (Å²) in [7, 11) is 1.21. The number of amides is 2. The normalized spacial score (nSPS) is 11.0. The van der Waals surface area contributed by atoms with Crippen LogP contribution in [0.1, 0.15) is 32.1 Å². The van der Waals surface area contributed by atoms with Gasteiger partial charge in [0, 0.05) is 57.1 Å². The molecule has 0 aliphatic rings. The van der Waals surface area contributed by atoms with Gasteiger partial charge in [-0.3, -0.25) is 9.59 Å². The molecule has 0 aliphatic heterocycles. The first-order chi connectivity index (χ1) is 15.1. The smallest absolute Gasteiger partial charge is 0.435 e. The molecule has 0 saturated carbocycles. The van der Waals surface area contributed by atoms with Crippen LogP contribution < -0.4 is 10.7 Å². The molecular weight excluding hydrogens is 542 g/mol. The number of aromatic nitrogens is 3. The van der Waals surface area contributed by atoms with E-state index >= 15 is 0 Å². The van der Waals surface area contributed by atoms with Gasteiger partial charge in [0.05, 0.1) is 11.3 Å². The van der Waals surface area contributed by atoms with Crippen molar-refractivity contribution in [3.05, 3.63) is 75.7 Å². The Morgan fingerprint density at radius 2 is 1.91 bits per heavy atom. The molecule has 2 amide bonds. The van der Waals surface area contributed by atoms with Gasteiger partial charge in [0.15, 0.2) is 11.5 Å². The molecular formula is C19H15ClF3N6O3Y-. The second-order valence-electron chi connectivity index (χ2n) is 6.33. The SMILES string of the molecule is CO[N-]NC(=O)c1cc(Cl)cc(C)c1NC(=O)c1cc(C(F)(F)F)nn1-c1ccccn1.[Y]. The van der Waals surface area contributed by atoms with Crippen molar-refractivity contribution in [3.8, 4) is 5.82 Å².